The smallest absolute Gasteiger partial charge is 0.415 e. The summed E-state index contributed by atoms with van der Waals surface area (Å²) in [7, 11) is 1.57. The minimum atomic E-state index is -0.529. The first-order valence-electron chi connectivity index (χ1n) is 16.9. The minimum Gasteiger partial charge on any atom is -0.491 e. The Balaban J connectivity index is 0.928. The molecule has 50 heavy (non-hydrogen) atoms. The zero-order valence-corrected chi connectivity index (χ0v) is 28.0. The molecule has 2 aromatic heterocycles. The second kappa shape index (κ2) is 15.0. The van der Waals surface area contributed by atoms with Crippen LogP contribution < -0.4 is 41.1 Å². The van der Waals surface area contributed by atoms with Crippen LogP contribution in [0, 0.1) is 0 Å². The average molecular weight is 684 g/mol. The molecule has 0 unspecified atom stereocenters. The highest BCUT2D eigenvalue weighted by Crippen LogP contribution is 2.37. The molecule has 2 saturated heterocycles. The topological polar surface area (TPSA) is 178 Å². The summed E-state index contributed by atoms with van der Waals surface area (Å²) >= 11 is 0. The number of piperazine rings is 2. The average Bonchev–Trinajstić information content (AvgIpc) is 3.65. The Morgan fingerprint density at radius 3 is 2.44 bits per heavy atom. The molecule has 0 aliphatic carbocycles. The van der Waals surface area contributed by atoms with Gasteiger partial charge in [0.15, 0.2) is 11.5 Å². The van der Waals surface area contributed by atoms with Crippen LogP contribution >= 0.6 is 0 Å². The van der Waals surface area contributed by atoms with Gasteiger partial charge in [-0.05, 0) is 42.8 Å². The molecular weight excluding hydrogens is 642 g/mol. The molecule has 0 radical (unpaired) electrons. The Hall–Kier alpha value is -5.48. The van der Waals surface area contributed by atoms with Crippen molar-refractivity contribution < 1.29 is 23.8 Å². The van der Waals surface area contributed by atoms with Crippen molar-refractivity contribution >= 4 is 40.4 Å². The fourth-order valence-corrected chi connectivity index (χ4v) is 6.39. The van der Waals surface area contributed by atoms with Gasteiger partial charge in [0.25, 0.3) is 5.91 Å². The summed E-state index contributed by atoms with van der Waals surface area (Å²) in [6.45, 7) is 9.13. The zero-order valence-electron chi connectivity index (χ0n) is 28.0. The molecule has 2 fully saturated rings. The number of rotatable bonds is 9. The maximum atomic E-state index is 12.9. The zero-order chi connectivity index (χ0) is 34.5. The van der Waals surface area contributed by atoms with E-state index in [1.165, 1.54) is 12.4 Å². The van der Waals surface area contributed by atoms with E-state index in [1.807, 2.05) is 41.0 Å². The molecule has 0 spiro atoms. The molecule has 0 saturated carbocycles. The van der Waals surface area contributed by atoms with Gasteiger partial charge in [0.05, 0.1) is 19.3 Å². The van der Waals surface area contributed by atoms with Gasteiger partial charge in [0, 0.05) is 95.5 Å². The number of amides is 2. The normalized spacial score (nSPS) is 16.6. The molecule has 5 heterocycles. The fraction of sp³-hybridized carbons (Fsp3) is 0.412. The van der Waals surface area contributed by atoms with E-state index in [0.717, 1.165) is 69.1 Å². The van der Waals surface area contributed by atoms with Gasteiger partial charge in [-0.15, -0.1) is 0 Å². The first-order valence-corrected chi connectivity index (χ1v) is 16.9. The first-order chi connectivity index (χ1) is 24.5. The van der Waals surface area contributed by atoms with E-state index < -0.39 is 5.91 Å². The number of hydrogen-bond donors (Lipinski definition) is 3. The number of nitrogen functional groups attached to an aromatic ring is 1. The Bertz CT molecular complexity index is 1900. The maximum absolute atomic E-state index is 12.9. The lowest BCUT2D eigenvalue weighted by molar-refractivity contribution is 0.0995. The molecule has 0 bridgehead atoms. The third kappa shape index (κ3) is 7.25. The Morgan fingerprint density at radius 2 is 1.70 bits per heavy atom. The second-order valence-corrected chi connectivity index (χ2v) is 12.2. The highest BCUT2D eigenvalue weighted by molar-refractivity contribution is 5.96. The van der Waals surface area contributed by atoms with E-state index >= 15 is 0 Å². The number of nitrogens with zero attached hydrogens (tertiary/aromatic N) is 8. The van der Waals surface area contributed by atoms with Gasteiger partial charge in [-0.1, -0.05) is 0 Å². The Kier molecular flexibility index (Phi) is 9.89. The standard InChI is InChI=1S/C34H41N11O5/c1-48-29-27(8-7-26-28(29)40-33(45-15-11-37-30(26)45)41-31(46)23-21-38-32(35)39-22-23)49-20-2-12-42-16-18-44(19-17-42)34(47)50-25-5-3-24(4-6-25)43-13-9-36-10-14-43/h3-8,21-22,36-37H,2,9-20H2,1H3,(H2,35,38,39). The molecular formula is C34H41N11O5. The molecule has 262 valence electrons. The lowest BCUT2D eigenvalue weighted by Crippen LogP contribution is -2.49. The lowest BCUT2D eigenvalue weighted by atomic mass is 10.2. The molecule has 3 aliphatic heterocycles. The van der Waals surface area contributed by atoms with E-state index in [9.17, 15) is 9.59 Å². The summed E-state index contributed by atoms with van der Waals surface area (Å²) in [5.41, 5.74) is 7.68. The van der Waals surface area contributed by atoms with Crippen LogP contribution in [0.5, 0.6) is 17.2 Å². The number of benzene rings is 2. The molecule has 3 aliphatic rings. The predicted octanol–water partition coefficient (Wildman–Crippen LogP) is 1.58. The van der Waals surface area contributed by atoms with Gasteiger partial charge in [-0.3, -0.25) is 14.3 Å². The number of nitrogens with two attached hydrogens (primary N) is 1. The highest BCUT2D eigenvalue weighted by atomic mass is 16.6. The predicted molar refractivity (Wildman–Crippen MR) is 187 cm³/mol. The van der Waals surface area contributed by atoms with Crippen LogP contribution in [0.3, 0.4) is 0 Å². The maximum Gasteiger partial charge on any atom is 0.415 e. The van der Waals surface area contributed by atoms with Crippen molar-refractivity contribution in [2.45, 2.75) is 13.0 Å². The van der Waals surface area contributed by atoms with Gasteiger partial charge >= 0.3 is 6.09 Å². The molecule has 2 amide bonds. The summed E-state index contributed by atoms with van der Waals surface area (Å²) in [6.07, 6.45) is 3.14. The summed E-state index contributed by atoms with van der Waals surface area (Å²) < 4.78 is 19.5. The number of carbonyl (C=O) groups excluding carboxylic acids is 2. The number of ether oxygens (including phenoxy) is 3. The van der Waals surface area contributed by atoms with Crippen molar-refractivity contribution in [2.75, 3.05) is 95.1 Å². The first kappa shape index (κ1) is 33.0. The largest absolute Gasteiger partial charge is 0.491 e. The van der Waals surface area contributed by atoms with Gasteiger partial charge in [-0.2, -0.15) is 4.99 Å². The number of carbonyl (C=O) groups is 2. The Labute approximate surface area is 288 Å². The number of fused-ring (bicyclic) bond motifs is 3. The van der Waals surface area contributed by atoms with Crippen LogP contribution in [0.25, 0.3) is 10.9 Å². The highest BCUT2D eigenvalue weighted by Gasteiger charge is 2.24. The molecule has 16 nitrogen and oxygen atoms in total. The third-order valence-corrected chi connectivity index (χ3v) is 9.06. The van der Waals surface area contributed by atoms with Crippen molar-refractivity contribution in [3.8, 4) is 17.2 Å². The number of anilines is 3. The van der Waals surface area contributed by atoms with Crippen LogP contribution in [0.4, 0.5) is 22.2 Å². The van der Waals surface area contributed by atoms with E-state index in [1.54, 1.807) is 12.0 Å². The van der Waals surface area contributed by atoms with Crippen LogP contribution in [-0.2, 0) is 6.54 Å². The van der Waals surface area contributed by atoms with Crippen LogP contribution in [0.2, 0.25) is 0 Å². The van der Waals surface area contributed by atoms with Crippen LogP contribution in [0.1, 0.15) is 16.8 Å². The molecule has 4 N–H and O–H groups in total. The number of aromatic nitrogens is 4. The van der Waals surface area contributed by atoms with Crippen molar-refractivity contribution in [3.05, 3.63) is 60.0 Å². The van der Waals surface area contributed by atoms with Gasteiger partial charge in [0.2, 0.25) is 11.6 Å². The van der Waals surface area contributed by atoms with E-state index in [4.69, 9.17) is 24.9 Å². The number of methoxy groups -OCH3 is 1. The number of nitrogens with one attached hydrogen (secondary N) is 2. The third-order valence-electron chi connectivity index (χ3n) is 9.06. The van der Waals surface area contributed by atoms with Gasteiger partial charge in [0.1, 0.15) is 17.1 Å². The van der Waals surface area contributed by atoms with Crippen LogP contribution in [-0.4, -0.2) is 120 Å². The van der Waals surface area contributed by atoms with E-state index in [-0.39, 0.29) is 23.2 Å². The summed E-state index contributed by atoms with van der Waals surface area (Å²) in [6, 6.07) is 11.6. The summed E-state index contributed by atoms with van der Waals surface area (Å²) in [4.78, 5) is 49.0. The Morgan fingerprint density at radius 1 is 0.940 bits per heavy atom. The SMILES string of the molecule is COc1c(OCCCN2CCN(C(=O)Oc3ccc(N4CCNCC4)cc3)CC2)ccc2c3n(c(=NC(=O)c4cnc(N)nc4)nc12)CCN3. The molecule has 0 atom stereocenters. The number of hydrogen-bond acceptors (Lipinski definition) is 13. The van der Waals surface area contributed by atoms with Gasteiger partial charge < -0.3 is 40.4 Å². The summed E-state index contributed by atoms with van der Waals surface area (Å²) in [5, 5.41) is 7.56. The molecule has 7 rings (SSSR count). The van der Waals surface area contributed by atoms with Crippen molar-refractivity contribution in [1.29, 1.82) is 0 Å². The van der Waals surface area contributed by atoms with Crippen molar-refractivity contribution in [2.24, 2.45) is 4.99 Å². The van der Waals surface area contributed by atoms with Crippen LogP contribution in [0.15, 0.2) is 53.8 Å². The molecule has 16 heteroatoms. The van der Waals surface area contributed by atoms with Crippen molar-refractivity contribution in [1.82, 2.24) is 34.6 Å². The molecule has 2 aromatic carbocycles. The van der Waals surface area contributed by atoms with Crippen molar-refractivity contribution in [3.63, 3.8) is 0 Å². The van der Waals surface area contributed by atoms with E-state index in [0.29, 0.717) is 55.6 Å². The summed E-state index contributed by atoms with van der Waals surface area (Å²) in [5.74, 6) is 1.91. The minimum absolute atomic E-state index is 0.0748. The van der Waals surface area contributed by atoms with E-state index in [2.05, 4.69) is 35.4 Å². The monoisotopic (exact) mass is 683 g/mol. The fourth-order valence-electron chi connectivity index (χ4n) is 6.39. The lowest BCUT2D eigenvalue weighted by Gasteiger charge is -2.34. The second-order valence-electron chi connectivity index (χ2n) is 12.2. The molecule has 4 aromatic rings. The van der Waals surface area contributed by atoms with Gasteiger partial charge in [-0.25, -0.2) is 19.7 Å². The quantitative estimate of drug-likeness (QED) is 0.217.